The standard InChI is InChI=1S/C16H28N6S/c1-21(2)16-17-8-12(9-18-16)10-22-6-4-14-13(11-22)15(20-19-14)5-7-23-3/h8-9,13-15,19-20H,4-7,10-11H2,1-3H3. The molecule has 0 aliphatic carbocycles. The van der Waals surface area contributed by atoms with Gasteiger partial charge in [0.1, 0.15) is 0 Å². The summed E-state index contributed by atoms with van der Waals surface area (Å²) in [5, 5.41) is 0. The van der Waals surface area contributed by atoms with Gasteiger partial charge in [0.05, 0.1) is 0 Å². The molecule has 1 aromatic rings. The minimum Gasteiger partial charge on any atom is -0.347 e. The van der Waals surface area contributed by atoms with Crippen LogP contribution >= 0.6 is 11.8 Å². The summed E-state index contributed by atoms with van der Waals surface area (Å²) in [5.74, 6) is 2.70. The van der Waals surface area contributed by atoms with Gasteiger partial charge < -0.3 is 4.90 Å². The fraction of sp³-hybridized carbons (Fsp3) is 0.750. The highest BCUT2D eigenvalue weighted by molar-refractivity contribution is 7.98. The normalized spacial score (nSPS) is 27.9. The third kappa shape index (κ3) is 4.15. The molecule has 0 amide bonds. The molecular formula is C16H28N6S. The number of nitrogens with one attached hydrogen (secondary N) is 2. The minimum atomic E-state index is 0.600. The molecule has 2 fully saturated rings. The zero-order valence-corrected chi connectivity index (χ0v) is 15.1. The number of fused-ring (bicyclic) bond motifs is 1. The van der Waals surface area contributed by atoms with E-state index in [1.54, 1.807) is 0 Å². The van der Waals surface area contributed by atoms with Crippen LogP contribution in [0.3, 0.4) is 0 Å². The van der Waals surface area contributed by atoms with Crippen molar-refractivity contribution in [1.29, 1.82) is 0 Å². The molecule has 2 N–H and O–H groups in total. The molecule has 0 spiro atoms. The second-order valence-electron chi connectivity index (χ2n) is 6.76. The molecule has 2 saturated heterocycles. The number of hydrogen-bond donors (Lipinski definition) is 2. The van der Waals surface area contributed by atoms with Gasteiger partial charge in [0, 0.05) is 69.7 Å². The molecule has 0 radical (unpaired) electrons. The van der Waals surface area contributed by atoms with Crippen molar-refractivity contribution in [1.82, 2.24) is 25.7 Å². The van der Waals surface area contributed by atoms with Crippen LogP contribution < -0.4 is 15.8 Å². The molecule has 1 aromatic heterocycles. The molecule has 2 aliphatic heterocycles. The highest BCUT2D eigenvalue weighted by Crippen LogP contribution is 2.27. The largest absolute Gasteiger partial charge is 0.347 e. The van der Waals surface area contributed by atoms with E-state index in [0.717, 1.165) is 25.6 Å². The smallest absolute Gasteiger partial charge is 0.224 e. The first-order valence-electron chi connectivity index (χ1n) is 8.38. The second kappa shape index (κ2) is 7.79. The monoisotopic (exact) mass is 336 g/mol. The van der Waals surface area contributed by atoms with E-state index in [0.29, 0.717) is 18.0 Å². The van der Waals surface area contributed by atoms with Crippen LogP contribution in [0.15, 0.2) is 12.4 Å². The van der Waals surface area contributed by atoms with Gasteiger partial charge in [-0.25, -0.2) is 9.97 Å². The van der Waals surface area contributed by atoms with Gasteiger partial charge in [0.15, 0.2) is 0 Å². The maximum absolute atomic E-state index is 4.43. The molecule has 3 atom stereocenters. The summed E-state index contributed by atoms with van der Waals surface area (Å²) >= 11 is 1.93. The van der Waals surface area contributed by atoms with Crippen molar-refractivity contribution in [3.05, 3.63) is 18.0 Å². The zero-order valence-electron chi connectivity index (χ0n) is 14.3. The first-order valence-corrected chi connectivity index (χ1v) is 9.77. The fourth-order valence-electron chi connectivity index (χ4n) is 3.55. The topological polar surface area (TPSA) is 56.3 Å². The number of thioether (sulfide) groups is 1. The Labute approximate surface area is 143 Å². The maximum atomic E-state index is 4.43. The lowest BCUT2D eigenvalue weighted by molar-refractivity contribution is 0.147. The van der Waals surface area contributed by atoms with E-state index in [1.807, 2.05) is 43.2 Å². The number of hydrazine groups is 1. The number of piperidine rings is 1. The number of anilines is 1. The van der Waals surface area contributed by atoms with Gasteiger partial charge in [-0.15, -0.1) is 0 Å². The van der Waals surface area contributed by atoms with Gasteiger partial charge in [-0.2, -0.15) is 11.8 Å². The Bertz CT molecular complexity index is 494. The van der Waals surface area contributed by atoms with Gasteiger partial charge in [-0.05, 0) is 24.9 Å². The summed E-state index contributed by atoms with van der Waals surface area (Å²) in [6.45, 7) is 3.24. The van der Waals surface area contributed by atoms with E-state index in [4.69, 9.17) is 0 Å². The van der Waals surface area contributed by atoms with Crippen LogP contribution in [-0.2, 0) is 6.54 Å². The Hall–Kier alpha value is -0.890. The SMILES string of the molecule is CSCCC1NNC2CCN(Cc3cnc(N(C)C)nc3)CC12. The van der Waals surface area contributed by atoms with Crippen molar-refractivity contribution in [2.24, 2.45) is 5.92 Å². The molecular weight excluding hydrogens is 308 g/mol. The van der Waals surface area contributed by atoms with Crippen molar-refractivity contribution >= 4 is 17.7 Å². The Morgan fingerprint density at radius 2 is 2.09 bits per heavy atom. The summed E-state index contributed by atoms with van der Waals surface area (Å²) in [7, 11) is 3.93. The summed E-state index contributed by atoms with van der Waals surface area (Å²) in [6, 6.07) is 1.23. The van der Waals surface area contributed by atoms with Crippen LogP contribution in [0.4, 0.5) is 5.95 Å². The fourth-order valence-corrected chi connectivity index (χ4v) is 4.04. The highest BCUT2D eigenvalue weighted by atomic mass is 32.2. The molecule has 2 aliphatic rings. The molecule has 0 saturated carbocycles. The molecule has 3 heterocycles. The number of likely N-dealkylation sites (tertiary alicyclic amines) is 1. The Balaban J connectivity index is 1.57. The average molecular weight is 337 g/mol. The highest BCUT2D eigenvalue weighted by Gasteiger charge is 2.39. The number of aromatic nitrogens is 2. The van der Waals surface area contributed by atoms with Crippen LogP contribution in [0, 0.1) is 5.92 Å². The van der Waals surface area contributed by atoms with Gasteiger partial charge in [-0.3, -0.25) is 15.8 Å². The van der Waals surface area contributed by atoms with E-state index in [9.17, 15) is 0 Å². The second-order valence-corrected chi connectivity index (χ2v) is 7.74. The van der Waals surface area contributed by atoms with Gasteiger partial charge in [0.25, 0.3) is 0 Å². The molecule has 3 rings (SSSR count). The van der Waals surface area contributed by atoms with E-state index < -0.39 is 0 Å². The van der Waals surface area contributed by atoms with Gasteiger partial charge >= 0.3 is 0 Å². The summed E-state index contributed by atoms with van der Waals surface area (Å²) in [4.78, 5) is 13.3. The summed E-state index contributed by atoms with van der Waals surface area (Å²) in [6.07, 6.45) is 8.56. The molecule has 6 nitrogen and oxygen atoms in total. The lowest BCUT2D eigenvalue weighted by atomic mass is 9.87. The van der Waals surface area contributed by atoms with Gasteiger partial charge in [0.2, 0.25) is 5.95 Å². The molecule has 128 valence electrons. The molecule has 7 heteroatoms. The third-order valence-electron chi connectivity index (χ3n) is 4.84. The van der Waals surface area contributed by atoms with Crippen molar-refractivity contribution < 1.29 is 0 Å². The lowest BCUT2D eigenvalue weighted by Crippen LogP contribution is -2.46. The van der Waals surface area contributed by atoms with Crippen LogP contribution in [-0.4, -0.2) is 66.1 Å². The van der Waals surface area contributed by atoms with Crippen LogP contribution in [0.1, 0.15) is 18.4 Å². The lowest BCUT2D eigenvalue weighted by Gasteiger charge is -2.36. The van der Waals surface area contributed by atoms with Crippen molar-refractivity contribution in [2.45, 2.75) is 31.5 Å². The summed E-state index contributed by atoms with van der Waals surface area (Å²) < 4.78 is 0. The zero-order chi connectivity index (χ0) is 16.2. The van der Waals surface area contributed by atoms with Crippen molar-refractivity contribution in [2.75, 3.05) is 44.1 Å². The van der Waals surface area contributed by atoms with Crippen LogP contribution in [0.2, 0.25) is 0 Å². The van der Waals surface area contributed by atoms with Gasteiger partial charge in [-0.1, -0.05) is 0 Å². The Kier molecular flexibility index (Phi) is 5.74. The Morgan fingerprint density at radius 3 is 2.78 bits per heavy atom. The van der Waals surface area contributed by atoms with Crippen molar-refractivity contribution in [3.8, 4) is 0 Å². The quantitative estimate of drug-likeness (QED) is 0.802. The molecule has 0 bridgehead atoms. The van der Waals surface area contributed by atoms with Crippen LogP contribution in [0.5, 0.6) is 0 Å². The average Bonchev–Trinajstić information content (AvgIpc) is 2.96. The van der Waals surface area contributed by atoms with Crippen molar-refractivity contribution in [3.63, 3.8) is 0 Å². The molecule has 0 aromatic carbocycles. The Morgan fingerprint density at radius 1 is 1.30 bits per heavy atom. The number of hydrogen-bond acceptors (Lipinski definition) is 7. The predicted octanol–water partition coefficient (Wildman–Crippen LogP) is 0.963. The van der Waals surface area contributed by atoms with E-state index >= 15 is 0 Å². The maximum Gasteiger partial charge on any atom is 0.224 e. The van der Waals surface area contributed by atoms with E-state index in [2.05, 4.69) is 32.0 Å². The predicted molar refractivity (Wildman–Crippen MR) is 96.6 cm³/mol. The number of rotatable bonds is 6. The summed E-state index contributed by atoms with van der Waals surface area (Å²) in [5.41, 5.74) is 8.23. The minimum absolute atomic E-state index is 0.600. The first kappa shape index (κ1) is 17.0. The third-order valence-corrected chi connectivity index (χ3v) is 5.49. The van der Waals surface area contributed by atoms with Crippen LogP contribution in [0.25, 0.3) is 0 Å². The number of nitrogens with zero attached hydrogens (tertiary/aromatic N) is 4. The first-order chi connectivity index (χ1) is 11.2. The van der Waals surface area contributed by atoms with E-state index in [-0.39, 0.29) is 0 Å². The molecule has 3 unspecified atom stereocenters. The van der Waals surface area contributed by atoms with E-state index in [1.165, 1.54) is 24.2 Å². The molecule has 23 heavy (non-hydrogen) atoms.